The van der Waals surface area contributed by atoms with E-state index in [0.29, 0.717) is 23.6 Å². The number of hydrogen-bond acceptors (Lipinski definition) is 6. The molecule has 3 rings (SSSR count). The van der Waals surface area contributed by atoms with Crippen molar-refractivity contribution in [2.24, 2.45) is 5.73 Å². The van der Waals surface area contributed by atoms with E-state index >= 15 is 0 Å². The Morgan fingerprint density at radius 2 is 2.11 bits per heavy atom. The van der Waals surface area contributed by atoms with Gasteiger partial charge in [-0.2, -0.15) is 0 Å². The molecule has 1 aliphatic heterocycles. The summed E-state index contributed by atoms with van der Waals surface area (Å²) in [7, 11) is 0. The molecule has 1 amide bonds. The Hall–Kier alpha value is -2.04. The molecular weight excluding hydrogens is 430 g/mol. The molecule has 2 heterocycles. The van der Waals surface area contributed by atoms with Gasteiger partial charge in [0.1, 0.15) is 18.0 Å². The molecule has 7 nitrogen and oxygen atoms in total. The van der Waals surface area contributed by atoms with Crippen LogP contribution in [-0.2, 0) is 4.74 Å². The number of halogens is 3. The Morgan fingerprint density at radius 1 is 1.41 bits per heavy atom. The lowest BCUT2D eigenvalue weighted by Crippen LogP contribution is -2.17. The van der Waals surface area contributed by atoms with Crippen LogP contribution in [-0.4, -0.2) is 35.8 Å². The topological polar surface area (TPSA) is 108 Å². The molecule has 146 valence electrons. The first-order chi connectivity index (χ1) is 12.9. The molecule has 2 aromatic rings. The molecule has 3 N–H and O–H groups in total. The second-order valence-electron chi connectivity index (χ2n) is 6.02. The van der Waals surface area contributed by atoms with Crippen molar-refractivity contribution in [2.75, 3.05) is 19.8 Å². The number of carbonyl (C=O) groups excluding carboxylic acids is 1. The summed E-state index contributed by atoms with van der Waals surface area (Å²) < 4.78 is 43.9. The summed E-state index contributed by atoms with van der Waals surface area (Å²) in [6, 6.07) is 1.86. The lowest BCUT2D eigenvalue weighted by Gasteiger charge is -2.19. The minimum Gasteiger partial charge on any atom is -0.487 e. The zero-order chi connectivity index (χ0) is 19.6. The fraction of sp³-hybridized carbons (Fsp3) is 0.412. The third-order valence-corrected chi connectivity index (χ3v) is 4.79. The van der Waals surface area contributed by atoms with Crippen molar-refractivity contribution in [3.8, 4) is 5.75 Å². The Labute approximate surface area is 161 Å². The van der Waals surface area contributed by atoms with Crippen LogP contribution >= 0.6 is 15.9 Å². The Balaban J connectivity index is 1.70. The number of aliphatic hydroxyl groups excluding tert-OH is 1. The minimum absolute atomic E-state index is 0.000936. The SMILES string of the molecule is NC(=O)c1c(F)ccc(OCC(O)c2nc(C3CCOCC3)c(Br)o2)c1F. The molecule has 1 fully saturated rings. The summed E-state index contributed by atoms with van der Waals surface area (Å²) >= 11 is 3.29. The van der Waals surface area contributed by atoms with Crippen LogP contribution in [0, 0.1) is 11.6 Å². The van der Waals surface area contributed by atoms with Crippen molar-refractivity contribution < 1.29 is 32.6 Å². The number of aliphatic hydroxyl groups is 1. The standard InChI is InChI=1S/C17H17BrF2N2O5/c18-15-14(8-3-5-25-6-4-8)22-17(27-15)10(23)7-26-11-2-1-9(19)12(13(11)20)16(21)24/h1-2,8,10,23H,3-7H2,(H2,21,24). The van der Waals surface area contributed by atoms with Gasteiger partial charge < -0.3 is 24.7 Å². The summed E-state index contributed by atoms with van der Waals surface area (Å²) in [5, 5.41) is 10.2. The van der Waals surface area contributed by atoms with Gasteiger partial charge in [0.2, 0.25) is 5.89 Å². The van der Waals surface area contributed by atoms with Crippen LogP contribution in [0.15, 0.2) is 21.2 Å². The van der Waals surface area contributed by atoms with Crippen molar-refractivity contribution in [1.82, 2.24) is 4.98 Å². The van der Waals surface area contributed by atoms with Gasteiger partial charge in [0.25, 0.3) is 5.91 Å². The number of nitrogens with zero attached hydrogens (tertiary/aromatic N) is 1. The number of nitrogens with two attached hydrogens (primary N) is 1. The van der Waals surface area contributed by atoms with Gasteiger partial charge >= 0.3 is 0 Å². The van der Waals surface area contributed by atoms with Crippen LogP contribution in [0.4, 0.5) is 8.78 Å². The largest absolute Gasteiger partial charge is 0.487 e. The highest BCUT2D eigenvalue weighted by Crippen LogP contribution is 2.34. The average molecular weight is 447 g/mol. The summed E-state index contributed by atoms with van der Waals surface area (Å²) in [6.45, 7) is 0.828. The van der Waals surface area contributed by atoms with Crippen LogP contribution in [0.3, 0.4) is 0 Å². The Bertz CT molecular complexity index is 839. The normalized spacial score (nSPS) is 16.3. The van der Waals surface area contributed by atoms with Crippen molar-refractivity contribution >= 4 is 21.8 Å². The van der Waals surface area contributed by atoms with Gasteiger partial charge in [-0.25, -0.2) is 13.8 Å². The lowest BCUT2D eigenvalue weighted by atomic mass is 9.97. The molecule has 0 saturated carbocycles. The van der Waals surface area contributed by atoms with Gasteiger partial charge in [0, 0.05) is 19.1 Å². The van der Waals surface area contributed by atoms with E-state index in [2.05, 4.69) is 20.9 Å². The van der Waals surface area contributed by atoms with Crippen molar-refractivity contribution in [3.63, 3.8) is 0 Å². The first-order valence-electron chi connectivity index (χ1n) is 8.21. The highest BCUT2D eigenvalue weighted by molar-refractivity contribution is 9.10. The van der Waals surface area contributed by atoms with Gasteiger partial charge in [0.05, 0.1) is 5.69 Å². The summed E-state index contributed by atoms with van der Waals surface area (Å²) in [5.41, 5.74) is 4.74. The highest BCUT2D eigenvalue weighted by atomic mass is 79.9. The van der Waals surface area contributed by atoms with E-state index in [0.717, 1.165) is 25.0 Å². The molecule has 1 aromatic carbocycles. The van der Waals surface area contributed by atoms with Crippen LogP contribution < -0.4 is 10.5 Å². The summed E-state index contributed by atoms with van der Waals surface area (Å²) in [5.74, 6) is -3.85. The predicted octanol–water partition coefficient (Wildman–Crippen LogP) is 2.82. The average Bonchev–Trinajstić information content (AvgIpc) is 3.03. The molecule has 0 bridgehead atoms. The first-order valence-corrected chi connectivity index (χ1v) is 9.00. The fourth-order valence-corrected chi connectivity index (χ4v) is 3.38. The third kappa shape index (κ3) is 4.28. The predicted molar refractivity (Wildman–Crippen MR) is 92.3 cm³/mol. The molecule has 27 heavy (non-hydrogen) atoms. The van der Waals surface area contributed by atoms with Crippen molar-refractivity contribution in [3.05, 3.63) is 45.6 Å². The Kier molecular flexibility index (Phi) is 6.08. The fourth-order valence-electron chi connectivity index (χ4n) is 2.81. The maximum atomic E-state index is 14.1. The number of aromatic nitrogens is 1. The molecule has 1 aliphatic rings. The smallest absolute Gasteiger partial charge is 0.254 e. The second kappa shape index (κ2) is 8.32. The van der Waals surface area contributed by atoms with Crippen molar-refractivity contribution in [1.29, 1.82) is 0 Å². The van der Waals surface area contributed by atoms with E-state index in [1.807, 2.05) is 0 Å². The summed E-state index contributed by atoms with van der Waals surface area (Å²) in [6.07, 6.45) is 0.276. The number of hydrogen-bond donors (Lipinski definition) is 2. The van der Waals surface area contributed by atoms with Crippen LogP contribution in [0.1, 0.15) is 46.8 Å². The van der Waals surface area contributed by atoms with E-state index < -0.39 is 41.6 Å². The minimum atomic E-state index is -1.30. The summed E-state index contributed by atoms with van der Waals surface area (Å²) in [4.78, 5) is 15.4. The van der Waals surface area contributed by atoms with Gasteiger partial charge in [-0.1, -0.05) is 0 Å². The second-order valence-corrected chi connectivity index (χ2v) is 6.74. The monoisotopic (exact) mass is 446 g/mol. The molecule has 0 aliphatic carbocycles. The lowest BCUT2D eigenvalue weighted by molar-refractivity contribution is 0.0807. The molecule has 1 saturated heterocycles. The quantitative estimate of drug-likeness (QED) is 0.706. The van der Waals surface area contributed by atoms with Crippen LogP contribution in [0.5, 0.6) is 5.75 Å². The first kappa shape index (κ1) is 19.7. The van der Waals surface area contributed by atoms with E-state index in [1.165, 1.54) is 0 Å². The third-order valence-electron chi connectivity index (χ3n) is 4.22. The number of amides is 1. The highest BCUT2D eigenvalue weighted by Gasteiger charge is 2.26. The number of ether oxygens (including phenoxy) is 2. The van der Waals surface area contributed by atoms with Gasteiger partial charge in [0.15, 0.2) is 22.3 Å². The molecule has 1 unspecified atom stereocenters. The molecular formula is C17H17BrF2N2O5. The molecule has 1 aromatic heterocycles. The van der Waals surface area contributed by atoms with Gasteiger partial charge in [-0.05, 0) is 40.9 Å². The molecule has 1 atom stereocenters. The van der Waals surface area contributed by atoms with E-state index in [9.17, 15) is 18.7 Å². The number of primary amides is 1. The van der Waals surface area contributed by atoms with Gasteiger partial charge in [-0.15, -0.1) is 0 Å². The maximum absolute atomic E-state index is 14.1. The van der Waals surface area contributed by atoms with Crippen LogP contribution in [0.25, 0.3) is 0 Å². The number of rotatable bonds is 6. The van der Waals surface area contributed by atoms with Gasteiger partial charge in [-0.3, -0.25) is 4.79 Å². The number of benzene rings is 1. The molecule has 0 spiro atoms. The Morgan fingerprint density at radius 3 is 2.78 bits per heavy atom. The molecule has 0 radical (unpaired) electrons. The zero-order valence-electron chi connectivity index (χ0n) is 14.1. The van der Waals surface area contributed by atoms with E-state index in [-0.39, 0.29) is 11.8 Å². The van der Waals surface area contributed by atoms with Crippen molar-refractivity contribution in [2.45, 2.75) is 24.9 Å². The van der Waals surface area contributed by atoms with Crippen LogP contribution in [0.2, 0.25) is 0 Å². The van der Waals surface area contributed by atoms with E-state index in [4.69, 9.17) is 19.6 Å². The van der Waals surface area contributed by atoms with E-state index in [1.54, 1.807) is 0 Å². The number of oxazole rings is 1. The molecule has 10 heteroatoms. The zero-order valence-corrected chi connectivity index (χ0v) is 15.7. The number of carbonyl (C=O) groups is 1. The maximum Gasteiger partial charge on any atom is 0.254 e.